The van der Waals surface area contributed by atoms with Crippen LogP contribution in [0.2, 0.25) is 0 Å². The van der Waals surface area contributed by atoms with Crippen LogP contribution in [0.15, 0.2) is 103 Å². The van der Waals surface area contributed by atoms with Gasteiger partial charge in [-0.25, -0.2) is 4.79 Å². The predicted molar refractivity (Wildman–Crippen MR) is 156 cm³/mol. The summed E-state index contributed by atoms with van der Waals surface area (Å²) >= 11 is 0. The number of carbonyl (C=O) groups is 1. The zero-order chi connectivity index (χ0) is 27.2. The second-order valence-electron chi connectivity index (χ2n) is 10.6. The number of hydrogen-bond acceptors (Lipinski definition) is 3. The van der Waals surface area contributed by atoms with Crippen molar-refractivity contribution < 1.29 is 15.0 Å². The van der Waals surface area contributed by atoms with Crippen molar-refractivity contribution in [1.82, 2.24) is 9.80 Å². The third-order valence-electron chi connectivity index (χ3n) is 7.93. The lowest BCUT2D eigenvalue weighted by molar-refractivity contribution is -0.0402. The van der Waals surface area contributed by atoms with Gasteiger partial charge in [-0.2, -0.15) is 0 Å². The van der Waals surface area contributed by atoms with Crippen molar-refractivity contribution in [2.75, 3.05) is 6.54 Å². The highest BCUT2D eigenvalue weighted by molar-refractivity contribution is 5.83. The van der Waals surface area contributed by atoms with Crippen LogP contribution in [0.25, 0.3) is 10.8 Å². The van der Waals surface area contributed by atoms with Crippen LogP contribution in [-0.2, 0) is 19.4 Å². The zero-order valence-corrected chi connectivity index (χ0v) is 22.6. The van der Waals surface area contributed by atoms with Crippen LogP contribution in [0.3, 0.4) is 0 Å². The van der Waals surface area contributed by atoms with Gasteiger partial charge in [-0.1, -0.05) is 110 Å². The monoisotopic (exact) mass is 522 g/mol. The molecule has 1 heterocycles. The largest absolute Gasteiger partial charge is 0.388 e. The number of urea groups is 1. The molecule has 0 aliphatic carbocycles. The summed E-state index contributed by atoms with van der Waals surface area (Å²) in [4.78, 5) is 18.1. The first-order valence-electron chi connectivity index (χ1n) is 14.0. The molecule has 2 N–H and O–H groups in total. The van der Waals surface area contributed by atoms with Crippen molar-refractivity contribution >= 4 is 16.8 Å². The van der Waals surface area contributed by atoms with Gasteiger partial charge in [0.2, 0.25) is 0 Å². The molecule has 2 amide bonds. The van der Waals surface area contributed by atoms with Gasteiger partial charge in [0.25, 0.3) is 0 Å². The highest BCUT2D eigenvalue weighted by atomic mass is 16.3. The Morgan fingerprint density at radius 2 is 1.18 bits per heavy atom. The zero-order valence-electron chi connectivity index (χ0n) is 22.6. The lowest BCUT2D eigenvalue weighted by Crippen LogP contribution is -2.51. The molecule has 1 saturated heterocycles. The smallest absolute Gasteiger partial charge is 0.321 e. The number of carbonyl (C=O) groups excluding carboxylic acids is 1. The van der Waals surface area contributed by atoms with E-state index in [9.17, 15) is 15.0 Å². The lowest BCUT2D eigenvalue weighted by Gasteiger charge is -2.35. The Balaban J connectivity index is 1.55. The molecule has 4 aromatic carbocycles. The van der Waals surface area contributed by atoms with E-state index in [2.05, 4.69) is 37.3 Å². The fourth-order valence-corrected chi connectivity index (χ4v) is 5.75. The van der Waals surface area contributed by atoms with Gasteiger partial charge in [0.15, 0.2) is 0 Å². The summed E-state index contributed by atoms with van der Waals surface area (Å²) in [6, 6.07) is 33.1. The number of unbranched alkanes of at least 4 members (excludes halogenated alkanes) is 1. The summed E-state index contributed by atoms with van der Waals surface area (Å²) in [6.45, 7) is 2.99. The van der Waals surface area contributed by atoms with Crippen LogP contribution in [0.4, 0.5) is 4.79 Å². The average molecular weight is 523 g/mol. The molecule has 5 heteroatoms. The first kappa shape index (κ1) is 26.9. The summed E-state index contributed by atoms with van der Waals surface area (Å²) < 4.78 is 0. The number of aliphatic hydroxyl groups is 2. The van der Waals surface area contributed by atoms with Gasteiger partial charge in [-0.15, -0.1) is 0 Å². The minimum absolute atomic E-state index is 0.130. The van der Waals surface area contributed by atoms with Crippen molar-refractivity contribution in [3.8, 4) is 0 Å². The number of amides is 2. The summed E-state index contributed by atoms with van der Waals surface area (Å²) in [6.07, 6.45) is 0.511. The van der Waals surface area contributed by atoms with Crippen LogP contribution in [0, 0.1) is 0 Å². The molecule has 0 spiro atoms. The SMILES string of the molecule is CCCCN1C(=O)N(Cc2ccc3ccccc3c2)[C@H](Cc2ccccc2)[C@H](O)[C@@H](O)[C@H]1Cc1ccccc1. The average Bonchev–Trinajstić information content (AvgIpc) is 3.03. The minimum atomic E-state index is -1.10. The standard InChI is InChI=1S/C34H38N2O3/c1-2-3-20-35-30(22-25-12-6-4-7-13-25)32(37)33(38)31(23-26-14-8-5-9-15-26)36(34(35)39)24-27-18-19-28-16-10-11-17-29(28)21-27/h4-19,21,30-33,37-38H,2-3,20,22-24H2,1H3/t30-,31-,32+,33+/m1/s1. The Morgan fingerprint density at radius 3 is 1.77 bits per heavy atom. The van der Waals surface area contributed by atoms with E-state index in [0.717, 1.165) is 40.3 Å². The Kier molecular flexibility index (Phi) is 8.60. The molecule has 1 aliphatic heterocycles. The minimum Gasteiger partial charge on any atom is -0.388 e. The number of aliphatic hydroxyl groups excluding tert-OH is 2. The summed E-state index contributed by atoms with van der Waals surface area (Å²) in [5.41, 5.74) is 3.05. The first-order chi connectivity index (χ1) is 19.0. The molecule has 0 aromatic heterocycles. The van der Waals surface area contributed by atoms with Crippen LogP contribution < -0.4 is 0 Å². The van der Waals surface area contributed by atoms with E-state index in [4.69, 9.17) is 0 Å². The first-order valence-corrected chi connectivity index (χ1v) is 14.0. The molecule has 0 unspecified atom stereocenters. The fraction of sp³-hybridized carbons (Fsp3) is 0.324. The van der Waals surface area contributed by atoms with Gasteiger partial charge in [-0.3, -0.25) is 0 Å². The summed E-state index contributed by atoms with van der Waals surface area (Å²) in [5.74, 6) is 0. The molecule has 0 radical (unpaired) electrons. The quantitative estimate of drug-likeness (QED) is 0.291. The number of benzene rings is 4. The van der Waals surface area contributed by atoms with E-state index in [1.165, 1.54) is 0 Å². The summed E-state index contributed by atoms with van der Waals surface area (Å²) in [5, 5.41) is 25.7. The number of rotatable bonds is 9. The van der Waals surface area contributed by atoms with Crippen molar-refractivity contribution in [1.29, 1.82) is 0 Å². The number of fused-ring (bicyclic) bond motifs is 1. The molecular weight excluding hydrogens is 484 g/mol. The van der Waals surface area contributed by atoms with Gasteiger partial charge in [0, 0.05) is 13.1 Å². The topological polar surface area (TPSA) is 64.0 Å². The third kappa shape index (κ3) is 6.16. The van der Waals surface area contributed by atoms with Gasteiger partial charge in [-0.05, 0) is 52.8 Å². The summed E-state index contributed by atoms with van der Waals surface area (Å²) in [7, 11) is 0. The highest BCUT2D eigenvalue weighted by Gasteiger charge is 2.46. The molecule has 1 fully saturated rings. The van der Waals surface area contributed by atoms with Gasteiger partial charge in [0.05, 0.1) is 12.1 Å². The molecule has 4 atom stereocenters. The molecule has 5 nitrogen and oxygen atoms in total. The molecule has 4 aromatic rings. The molecule has 39 heavy (non-hydrogen) atoms. The lowest BCUT2D eigenvalue weighted by atomic mass is 9.91. The molecule has 1 aliphatic rings. The maximum Gasteiger partial charge on any atom is 0.321 e. The normalized spacial score (nSPS) is 21.8. The molecule has 5 rings (SSSR count). The van der Waals surface area contributed by atoms with Crippen LogP contribution in [0.5, 0.6) is 0 Å². The van der Waals surface area contributed by atoms with Crippen LogP contribution in [-0.4, -0.2) is 56.9 Å². The van der Waals surface area contributed by atoms with Crippen molar-refractivity contribution in [2.45, 2.75) is 63.4 Å². The van der Waals surface area contributed by atoms with E-state index >= 15 is 0 Å². The maximum atomic E-state index is 14.4. The maximum absolute atomic E-state index is 14.4. The Labute approximate surface area is 231 Å². The van der Waals surface area contributed by atoms with Crippen molar-refractivity contribution in [3.05, 3.63) is 120 Å². The van der Waals surface area contributed by atoms with Gasteiger partial charge >= 0.3 is 6.03 Å². The second-order valence-corrected chi connectivity index (χ2v) is 10.6. The number of nitrogens with zero attached hydrogens (tertiary/aromatic N) is 2. The second kappa shape index (κ2) is 12.5. The number of hydrogen-bond donors (Lipinski definition) is 2. The molecule has 202 valence electrons. The van der Waals surface area contributed by atoms with E-state index in [1.54, 1.807) is 4.90 Å². The Morgan fingerprint density at radius 1 is 0.641 bits per heavy atom. The molecule has 0 bridgehead atoms. The predicted octanol–water partition coefficient (Wildman–Crippen LogP) is 5.82. The third-order valence-corrected chi connectivity index (χ3v) is 7.93. The molecule has 0 saturated carbocycles. The molecular formula is C34H38N2O3. The van der Waals surface area contributed by atoms with E-state index in [1.807, 2.05) is 77.7 Å². The van der Waals surface area contributed by atoms with E-state index < -0.39 is 24.3 Å². The highest BCUT2D eigenvalue weighted by Crippen LogP contribution is 2.29. The van der Waals surface area contributed by atoms with Crippen LogP contribution in [0.1, 0.15) is 36.5 Å². The fourth-order valence-electron chi connectivity index (χ4n) is 5.75. The van der Waals surface area contributed by atoms with Crippen molar-refractivity contribution in [3.63, 3.8) is 0 Å². The van der Waals surface area contributed by atoms with Gasteiger partial charge < -0.3 is 20.0 Å². The Hall–Kier alpha value is -3.67. The van der Waals surface area contributed by atoms with Crippen molar-refractivity contribution in [2.24, 2.45) is 0 Å². The van der Waals surface area contributed by atoms with E-state index in [-0.39, 0.29) is 6.03 Å². The van der Waals surface area contributed by atoms with Crippen LogP contribution >= 0.6 is 0 Å². The Bertz CT molecular complexity index is 1360. The van der Waals surface area contributed by atoms with Gasteiger partial charge in [0.1, 0.15) is 12.2 Å². The van der Waals surface area contributed by atoms with E-state index in [0.29, 0.717) is 25.9 Å².